The van der Waals surface area contributed by atoms with Crippen molar-refractivity contribution in [2.24, 2.45) is 5.92 Å². The predicted octanol–water partition coefficient (Wildman–Crippen LogP) is 3.40. The summed E-state index contributed by atoms with van der Waals surface area (Å²) in [7, 11) is 0. The molecule has 0 unspecified atom stereocenters. The Bertz CT molecular complexity index is 1350. The number of pyridine rings is 1. The second kappa shape index (κ2) is 14.4. The highest BCUT2D eigenvalue weighted by molar-refractivity contribution is 5.93. The van der Waals surface area contributed by atoms with E-state index in [4.69, 9.17) is 9.84 Å². The molecule has 0 spiro atoms. The Hall–Kier alpha value is -4.51. The fourth-order valence-corrected chi connectivity index (χ4v) is 3.74. The van der Waals surface area contributed by atoms with Crippen molar-refractivity contribution in [3.05, 3.63) is 77.8 Å². The van der Waals surface area contributed by atoms with E-state index in [1.165, 1.54) is 12.1 Å². The van der Waals surface area contributed by atoms with E-state index in [-0.39, 0.29) is 56.2 Å². The molecule has 0 bridgehead atoms. The Labute approximate surface area is 224 Å². The lowest BCUT2D eigenvalue weighted by Crippen LogP contribution is -2.27. The van der Waals surface area contributed by atoms with Crippen LogP contribution < -0.4 is 16.0 Å². The lowest BCUT2D eigenvalue weighted by atomic mass is 10.0. The van der Waals surface area contributed by atoms with E-state index in [9.17, 15) is 23.9 Å². The lowest BCUT2D eigenvalue weighted by Gasteiger charge is -2.15. The van der Waals surface area contributed by atoms with Gasteiger partial charge in [-0.05, 0) is 30.9 Å². The molecule has 3 rings (SSSR count). The molecule has 0 aliphatic heterocycles. The summed E-state index contributed by atoms with van der Waals surface area (Å²) >= 11 is 0. The number of aromatic nitrogens is 1. The van der Waals surface area contributed by atoms with Crippen LogP contribution in [-0.2, 0) is 20.9 Å². The number of aromatic hydroxyl groups is 1. The molecular formula is C28H31FN4O6. The number of fused-ring (bicyclic) bond motifs is 1. The number of phenols is 1. The normalized spacial score (nSPS) is 12.0. The zero-order valence-electron chi connectivity index (χ0n) is 21.4. The maximum absolute atomic E-state index is 13.5. The molecule has 0 aliphatic carbocycles. The van der Waals surface area contributed by atoms with Crippen LogP contribution in [0.25, 0.3) is 10.8 Å². The number of anilines is 1. The quantitative estimate of drug-likeness (QED) is 0.222. The number of nitrogens with zero attached hydrogens (tertiary/aromatic N) is 1. The highest BCUT2D eigenvalue weighted by Crippen LogP contribution is 2.21. The zero-order chi connectivity index (χ0) is 28.2. The van der Waals surface area contributed by atoms with E-state index in [1.54, 1.807) is 25.3 Å². The molecule has 1 atom stereocenters. The molecule has 0 saturated carbocycles. The van der Waals surface area contributed by atoms with Crippen molar-refractivity contribution in [3.63, 3.8) is 0 Å². The molecule has 5 N–H and O–H groups in total. The highest BCUT2D eigenvalue weighted by atomic mass is 19.1. The van der Waals surface area contributed by atoms with Crippen LogP contribution in [0.3, 0.4) is 0 Å². The van der Waals surface area contributed by atoms with E-state index >= 15 is 0 Å². The van der Waals surface area contributed by atoms with Gasteiger partial charge in [0.15, 0.2) is 11.6 Å². The van der Waals surface area contributed by atoms with Crippen molar-refractivity contribution in [1.82, 2.24) is 15.6 Å². The number of benzene rings is 2. The van der Waals surface area contributed by atoms with Crippen molar-refractivity contribution in [2.75, 3.05) is 25.1 Å². The maximum Gasteiger partial charge on any atom is 0.412 e. The molecule has 0 radical (unpaired) electrons. The number of carbonyl (C=O) groups excluding carboxylic acids is 3. The van der Waals surface area contributed by atoms with Crippen molar-refractivity contribution in [1.29, 1.82) is 0 Å². The molecule has 3 aromatic rings. The number of halogens is 1. The van der Waals surface area contributed by atoms with Gasteiger partial charge in [0.2, 0.25) is 11.8 Å². The average Bonchev–Trinajstić information content (AvgIpc) is 2.93. The van der Waals surface area contributed by atoms with Gasteiger partial charge in [0, 0.05) is 48.1 Å². The number of rotatable bonds is 12. The van der Waals surface area contributed by atoms with Crippen molar-refractivity contribution < 1.29 is 33.7 Å². The Balaban J connectivity index is 1.62. The van der Waals surface area contributed by atoms with Crippen molar-refractivity contribution >= 4 is 34.5 Å². The average molecular weight is 539 g/mol. The summed E-state index contributed by atoms with van der Waals surface area (Å²) in [5.74, 6) is -2.28. The highest BCUT2D eigenvalue weighted by Gasteiger charge is 2.16. The van der Waals surface area contributed by atoms with E-state index in [1.807, 2.05) is 24.3 Å². The van der Waals surface area contributed by atoms with E-state index in [0.29, 0.717) is 5.82 Å². The van der Waals surface area contributed by atoms with Gasteiger partial charge in [-0.15, -0.1) is 0 Å². The third kappa shape index (κ3) is 9.08. The molecule has 11 heteroatoms. The third-order valence-electron chi connectivity index (χ3n) is 5.82. The molecule has 1 aromatic heterocycles. The summed E-state index contributed by atoms with van der Waals surface area (Å²) in [5.41, 5.74) is 0.502. The van der Waals surface area contributed by atoms with Gasteiger partial charge in [-0.2, -0.15) is 0 Å². The molecule has 39 heavy (non-hydrogen) atoms. The van der Waals surface area contributed by atoms with Crippen LogP contribution in [-0.4, -0.2) is 52.9 Å². The third-order valence-corrected chi connectivity index (χ3v) is 5.82. The number of hydrogen-bond donors (Lipinski definition) is 5. The summed E-state index contributed by atoms with van der Waals surface area (Å²) in [4.78, 5) is 41.3. The maximum atomic E-state index is 13.5. The number of amides is 3. The minimum Gasteiger partial charge on any atom is -0.505 e. The van der Waals surface area contributed by atoms with Crippen LogP contribution in [0.2, 0.25) is 0 Å². The minimum atomic E-state index is -0.789. The minimum absolute atomic E-state index is 0.0738. The smallest absolute Gasteiger partial charge is 0.412 e. The molecule has 2 aromatic carbocycles. The lowest BCUT2D eigenvalue weighted by molar-refractivity contribution is -0.121. The first-order chi connectivity index (χ1) is 18.8. The van der Waals surface area contributed by atoms with Gasteiger partial charge < -0.3 is 25.6 Å². The Kier molecular flexibility index (Phi) is 10.8. The van der Waals surface area contributed by atoms with Gasteiger partial charge >= 0.3 is 6.09 Å². The van der Waals surface area contributed by atoms with Gasteiger partial charge in [-0.25, -0.2) is 14.2 Å². The predicted molar refractivity (Wildman–Crippen MR) is 143 cm³/mol. The fourth-order valence-electron chi connectivity index (χ4n) is 3.74. The van der Waals surface area contributed by atoms with Crippen molar-refractivity contribution in [3.8, 4) is 5.75 Å². The van der Waals surface area contributed by atoms with Crippen LogP contribution >= 0.6 is 0 Å². The SMILES string of the molecule is CC(=C[C@@H](CCC(=O)NCCO)COC(=O)Nc1cc2ccccc2cn1)C(=O)NCc1cccc(F)c1O. The number of aliphatic hydroxyl groups is 1. The summed E-state index contributed by atoms with van der Waals surface area (Å²) in [6.45, 7) is 1.26. The summed E-state index contributed by atoms with van der Waals surface area (Å²) in [6.07, 6.45) is 2.80. The standard InChI is InChI=1S/C28H31FN4O6/c1-18(27(37)32-16-22-7-4-8-23(29)26(22)36)13-19(9-10-25(35)30-11-12-34)17-39-28(38)33-24-14-20-5-2-3-6-21(20)15-31-24/h2-8,13-15,19,34,36H,9-12,16-17H2,1H3,(H,30,35)(H,32,37)(H,31,33,38)/t19-/m1/s1. The Morgan fingerprint density at radius 2 is 1.87 bits per heavy atom. The summed E-state index contributed by atoms with van der Waals surface area (Å²) < 4.78 is 18.9. The molecule has 1 heterocycles. The second-order valence-electron chi connectivity index (χ2n) is 8.79. The van der Waals surface area contributed by atoms with E-state index < -0.39 is 29.5 Å². The van der Waals surface area contributed by atoms with Crippen LogP contribution in [0.1, 0.15) is 25.3 Å². The molecule has 206 valence electrons. The molecular weight excluding hydrogens is 507 g/mol. The molecule has 0 saturated heterocycles. The molecule has 10 nitrogen and oxygen atoms in total. The van der Waals surface area contributed by atoms with Crippen LogP contribution in [0.5, 0.6) is 5.75 Å². The number of nitrogens with one attached hydrogen (secondary N) is 3. The monoisotopic (exact) mass is 538 g/mol. The van der Waals surface area contributed by atoms with Gasteiger partial charge in [-0.1, -0.05) is 42.5 Å². The van der Waals surface area contributed by atoms with Gasteiger partial charge in [0.1, 0.15) is 5.82 Å². The van der Waals surface area contributed by atoms with Crippen LogP contribution in [0.15, 0.2) is 66.4 Å². The van der Waals surface area contributed by atoms with Gasteiger partial charge in [0.25, 0.3) is 0 Å². The van der Waals surface area contributed by atoms with Crippen LogP contribution in [0, 0.1) is 11.7 Å². The number of phenolic OH excluding ortho intramolecular Hbond substituents is 1. The number of para-hydroxylation sites is 1. The molecule has 3 amide bonds. The molecule has 0 fully saturated rings. The molecule has 0 aliphatic rings. The largest absolute Gasteiger partial charge is 0.505 e. The number of aliphatic hydroxyl groups excluding tert-OH is 1. The first-order valence-electron chi connectivity index (χ1n) is 12.4. The first kappa shape index (κ1) is 29.1. The van der Waals surface area contributed by atoms with E-state index in [2.05, 4.69) is 20.9 Å². The first-order valence-corrected chi connectivity index (χ1v) is 12.4. The number of hydrogen-bond acceptors (Lipinski definition) is 7. The topological polar surface area (TPSA) is 150 Å². The van der Waals surface area contributed by atoms with Crippen molar-refractivity contribution in [2.45, 2.75) is 26.3 Å². The second-order valence-corrected chi connectivity index (χ2v) is 8.79. The Morgan fingerprint density at radius 1 is 1.10 bits per heavy atom. The summed E-state index contributed by atoms with van der Waals surface area (Å²) in [6, 6.07) is 13.3. The van der Waals surface area contributed by atoms with E-state index in [0.717, 1.165) is 16.8 Å². The van der Waals surface area contributed by atoms with Gasteiger partial charge in [-0.3, -0.25) is 14.9 Å². The Morgan fingerprint density at radius 3 is 2.64 bits per heavy atom. The number of carbonyl (C=O) groups is 3. The van der Waals surface area contributed by atoms with Crippen LogP contribution in [0.4, 0.5) is 15.0 Å². The number of ether oxygens (including phenoxy) is 1. The fraction of sp³-hybridized carbons (Fsp3) is 0.286. The zero-order valence-corrected chi connectivity index (χ0v) is 21.4. The summed E-state index contributed by atoms with van der Waals surface area (Å²) in [5, 5.41) is 28.2. The van der Waals surface area contributed by atoms with Gasteiger partial charge in [0.05, 0.1) is 13.2 Å².